The number of carbonyl (C=O) groups excluding carboxylic acids is 1. The van der Waals surface area contributed by atoms with Crippen molar-refractivity contribution >= 4 is 15.9 Å². The average Bonchev–Trinajstić information content (AvgIpc) is 2.51. The van der Waals surface area contributed by atoms with Crippen LogP contribution in [0.1, 0.15) is 11.1 Å². The molecule has 0 aliphatic carbocycles. The van der Waals surface area contributed by atoms with E-state index in [-0.39, 0.29) is 11.5 Å². The number of benzene rings is 2. The molecule has 2 aromatic rings. The van der Waals surface area contributed by atoms with Gasteiger partial charge in [0.2, 0.25) is 0 Å². The van der Waals surface area contributed by atoms with Crippen LogP contribution in [0.5, 0.6) is 5.75 Å². The topological polar surface area (TPSA) is 84.5 Å². The zero-order valence-corrected chi connectivity index (χ0v) is 13.7. The second-order valence-corrected chi connectivity index (χ2v) is 6.76. The van der Waals surface area contributed by atoms with Crippen molar-refractivity contribution in [3.8, 4) is 5.75 Å². The number of sulfonamides is 1. The molecule has 7 heteroatoms. The Balaban J connectivity index is 1.88. The normalized spacial score (nSPS) is 11.0. The molecule has 2 aromatic carbocycles. The number of aryl methyl sites for hydroxylation is 2. The van der Waals surface area contributed by atoms with Crippen molar-refractivity contribution in [1.29, 1.82) is 0 Å². The minimum Gasteiger partial charge on any atom is -0.484 e. The number of nitrogens with one attached hydrogen (secondary N) is 2. The zero-order valence-electron chi connectivity index (χ0n) is 12.9. The van der Waals surface area contributed by atoms with Gasteiger partial charge >= 0.3 is 0 Å². The predicted molar refractivity (Wildman–Crippen MR) is 86.3 cm³/mol. The highest BCUT2D eigenvalue weighted by atomic mass is 32.2. The van der Waals surface area contributed by atoms with Crippen molar-refractivity contribution in [2.24, 2.45) is 0 Å². The third kappa shape index (κ3) is 5.08. The van der Waals surface area contributed by atoms with Gasteiger partial charge in [-0.25, -0.2) is 8.42 Å². The molecule has 0 bridgehead atoms. The smallest absolute Gasteiger partial charge is 0.272 e. The second-order valence-electron chi connectivity index (χ2n) is 5.08. The van der Waals surface area contributed by atoms with Crippen LogP contribution in [0.2, 0.25) is 0 Å². The lowest BCUT2D eigenvalue weighted by molar-refractivity contribution is -0.123. The van der Waals surface area contributed by atoms with Crippen LogP contribution in [0.3, 0.4) is 0 Å². The molecule has 0 saturated carbocycles. The maximum Gasteiger partial charge on any atom is 0.272 e. The Morgan fingerprint density at radius 1 is 1.04 bits per heavy atom. The SMILES string of the molecule is Cc1cc(C)cc(OCC(=O)NNS(=O)(=O)c2ccccc2)c1. The summed E-state index contributed by atoms with van der Waals surface area (Å²) in [5.41, 5.74) is 4.16. The molecule has 0 fully saturated rings. The second kappa shape index (κ2) is 7.26. The van der Waals surface area contributed by atoms with E-state index in [2.05, 4.69) is 5.43 Å². The molecule has 0 spiro atoms. The van der Waals surface area contributed by atoms with Gasteiger partial charge in [-0.1, -0.05) is 24.3 Å². The molecule has 0 aromatic heterocycles. The van der Waals surface area contributed by atoms with Crippen molar-refractivity contribution in [1.82, 2.24) is 10.3 Å². The van der Waals surface area contributed by atoms with Crippen LogP contribution in [0.25, 0.3) is 0 Å². The molecule has 122 valence electrons. The Morgan fingerprint density at radius 2 is 1.65 bits per heavy atom. The first-order valence-electron chi connectivity index (χ1n) is 6.93. The molecule has 2 rings (SSSR count). The van der Waals surface area contributed by atoms with Crippen LogP contribution >= 0.6 is 0 Å². The van der Waals surface area contributed by atoms with E-state index in [0.29, 0.717) is 5.75 Å². The number of rotatable bonds is 6. The molecule has 6 nitrogen and oxygen atoms in total. The molecule has 2 N–H and O–H groups in total. The van der Waals surface area contributed by atoms with E-state index < -0.39 is 15.9 Å². The number of ether oxygens (including phenoxy) is 1. The molecular weight excluding hydrogens is 316 g/mol. The van der Waals surface area contributed by atoms with Gasteiger partial charge in [0.25, 0.3) is 15.9 Å². The van der Waals surface area contributed by atoms with E-state index in [0.717, 1.165) is 11.1 Å². The lowest BCUT2D eigenvalue weighted by atomic mass is 10.1. The summed E-state index contributed by atoms with van der Waals surface area (Å²) < 4.78 is 29.2. The van der Waals surface area contributed by atoms with Gasteiger partial charge in [-0.3, -0.25) is 10.2 Å². The molecule has 0 heterocycles. The van der Waals surface area contributed by atoms with Gasteiger partial charge in [0.1, 0.15) is 5.75 Å². The van der Waals surface area contributed by atoms with Crippen LogP contribution in [0, 0.1) is 13.8 Å². The van der Waals surface area contributed by atoms with Gasteiger partial charge in [-0.2, -0.15) is 0 Å². The van der Waals surface area contributed by atoms with Crippen molar-refractivity contribution in [2.75, 3.05) is 6.61 Å². The van der Waals surface area contributed by atoms with Crippen LogP contribution in [0.15, 0.2) is 53.4 Å². The number of hydrazine groups is 1. The zero-order chi connectivity index (χ0) is 16.9. The first-order chi connectivity index (χ1) is 10.9. The van der Waals surface area contributed by atoms with Crippen LogP contribution in [-0.4, -0.2) is 20.9 Å². The van der Waals surface area contributed by atoms with Crippen LogP contribution in [-0.2, 0) is 14.8 Å². The highest BCUT2D eigenvalue weighted by Crippen LogP contribution is 2.15. The summed E-state index contributed by atoms with van der Waals surface area (Å²) >= 11 is 0. The fourth-order valence-corrected chi connectivity index (χ4v) is 2.87. The summed E-state index contributed by atoms with van der Waals surface area (Å²) in [5.74, 6) is -0.0350. The van der Waals surface area contributed by atoms with E-state index in [4.69, 9.17) is 4.74 Å². The maximum atomic E-state index is 11.9. The summed E-state index contributed by atoms with van der Waals surface area (Å²) in [6.07, 6.45) is 0. The monoisotopic (exact) mass is 334 g/mol. The van der Waals surface area contributed by atoms with E-state index in [1.165, 1.54) is 12.1 Å². The molecule has 0 aliphatic rings. The summed E-state index contributed by atoms with van der Waals surface area (Å²) in [7, 11) is -3.79. The largest absolute Gasteiger partial charge is 0.484 e. The third-order valence-electron chi connectivity index (χ3n) is 2.94. The predicted octanol–water partition coefficient (Wildman–Crippen LogP) is 1.69. The van der Waals surface area contributed by atoms with Crippen molar-refractivity contribution in [3.05, 3.63) is 59.7 Å². The summed E-state index contributed by atoms with van der Waals surface area (Å²) in [4.78, 5) is 13.8. The molecule has 0 saturated heterocycles. The Morgan fingerprint density at radius 3 is 2.26 bits per heavy atom. The average molecular weight is 334 g/mol. The van der Waals surface area contributed by atoms with Gasteiger partial charge in [0.05, 0.1) is 4.90 Å². The minimum atomic E-state index is -3.79. The lowest BCUT2D eigenvalue weighted by Crippen LogP contribution is -2.43. The van der Waals surface area contributed by atoms with Crippen molar-refractivity contribution in [2.45, 2.75) is 18.7 Å². The quantitative estimate of drug-likeness (QED) is 0.788. The van der Waals surface area contributed by atoms with E-state index in [9.17, 15) is 13.2 Å². The van der Waals surface area contributed by atoms with E-state index >= 15 is 0 Å². The number of hydrogen-bond acceptors (Lipinski definition) is 4. The van der Waals surface area contributed by atoms with Crippen LogP contribution < -0.4 is 15.0 Å². The van der Waals surface area contributed by atoms with E-state index in [1.807, 2.05) is 24.7 Å². The number of amides is 1. The van der Waals surface area contributed by atoms with Gasteiger partial charge in [0.15, 0.2) is 6.61 Å². The summed E-state index contributed by atoms with van der Waals surface area (Å²) in [6.45, 7) is 3.56. The Bertz CT molecular complexity index is 769. The lowest BCUT2D eigenvalue weighted by Gasteiger charge is -2.10. The van der Waals surface area contributed by atoms with Crippen molar-refractivity contribution < 1.29 is 17.9 Å². The number of carbonyl (C=O) groups is 1. The van der Waals surface area contributed by atoms with Gasteiger partial charge in [0, 0.05) is 0 Å². The molecule has 0 radical (unpaired) electrons. The molecule has 0 unspecified atom stereocenters. The number of hydrogen-bond donors (Lipinski definition) is 2. The minimum absolute atomic E-state index is 0.0653. The van der Waals surface area contributed by atoms with Gasteiger partial charge in [-0.15, -0.1) is 4.83 Å². The molecule has 0 aliphatic heterocycles. The fourth-order valence-electron chi connectivity index (χ4n) is 1.98. The van der Waals surface area contributed by atoms with Gasteiger partial charge in [-0.05, 0) is 49.2 Å². The highest BCUT2D eigenvalue weighted by Gasteiger charge is 2.14. The van der Waals surface area contributed by atoms with Crippen LogP contribution in [0.4, 0.5) is 0 Å². The molecule has 1 amide bonds. The Kier molecular flexibility index (Phi) is 5.36. The fraction of sp³-hybridized carbons (Fsp3) is 0.188. The standard InChI is InChI=1S/C16H18N2O4S/c1-12-8-13(2)10-14(9-12)22-11-16(19)17-18-23(20,21)15-6-4-3-5-7-15/h3-10,18H,11H2,1-2H3,(H,17,19). The molecule has 0 atom stereocenters. The Hall–Kier alpha value is -2.38. The maximum absolute atomic E-state index is 11.9. The molecular formula is C16H18N2O4S. The van der Waals surface area contributed by atoms with Crippen molar-refractivity contribution in [3.63, 3.8) is 0 Å². The summed E-state index contributed by atoms with van der Waals surface area (Å²) in [6, 6.07) is 13.3. The first kappa shape index (κ1) is 17.0. The van der Waals surface area contributed by atoms with E-state index in [1.54, 1.807) is 30.3 Å². The highest BCUT2D eigenvalue weighted by molar-refractivity contribution is 7.89. The first-order valence-corrected chi connectivity index (χ1v) is 8.42. The molecule has 23 heavy (non-hydrogen) atoms. The summed E-state index contributed by atoms with van der Waals surface area (Å²) in [5, 5.41) is 0. The Labute approximate surface area is 135 Å². The third-order valence-corrected chi connectivity index (χ3v) is 4.21. The van der Waals surface area contributed by atoms with Gasteiger partial charge < -0.3 is 4.74 Å².